The number of carboxylic acids is 1. The van der Waals surface area contributed by atoms with E-state index in [1.165, 1.54) is 7.05 Å². The Morgan fingerprint density at radius 1 is 1.35 bits per heavy atom. The van der Waals surface area contributed by atoms with Crippen molar-refractivity contribution in [1.29, 1.82) is 0 Å². The molecule has 0 radical (unpaired) electrons. The second-order valence-corrected chi connectivity index (χ2v) is 3.54. The summed E-state index contributed by atoms with van der Waals surface area (Å²) in [5.74, 6) is -3.61. The molecule has 0 heterocycles. The number of hydrogen-bond donors (Lipinski definition) is 1. The van der Waals surface area contributed by atoms with Crippen molar-refractivity contribution in [3.63, 3.8) is 0 Å². The zero-order valence-electron chi connectivity index (χ0n) is 9.28. The van der Waals surface area contributed by atoms with Gasteiger partial charge in [0.05, 0.1) is 0 Å². The molecule has 1 N–H and O–H groups in total. The van der Waals surface area contributed by atoms with E-state index in [2.05, 4.69) is 0 Å². The van der Waals surface area contributed by atoms with Crippen molar-refractivity contribution in [3.8, 4) is 0 Å². The lowest BCUT2D eigenvalue weighted by Crippen LogP contribution is -2.34. The molecule has 4 nitrogen and oxygen atoms in total. The molecular weight excluding hydrogens is 232 g/mol. The molecule has 0 aliphatic carbocycles. The minimum atomic E-state index is -1.54. The standard InChI is InChI=1S/C11H11F2NO3/c1-6(15)14(2)10(11(16)17)8-5-7(12)3-4-9(8)13/h3-5,10H,1-2H3,(H,16,17). The van der Waals surface area contributed by atoms with Crippen LogP contribution in [0.5, 0.6) is 0 Å². The highest BCUT2D eigenvalue weighted by atomic mass is 19.1. The van der Waals surface area contributed by atoms with Crippen LogP contribution in [0.4, 0.5) is 8.78 Å². The van der Waals surface area contributed by atoms with E-state index in [0.717, 1.165) is 30.0 Å². The van der Waals surface area contributed by atoms with Crippen LogP contribution in [-0.4, -0.2) is 28.9 Å². The van der Waals surface area contributed by atoms with Crippen LogP contribution >= 0.6 is 0 Å². The number of carbonyl (C=O) groups excluding carboxylic acids is 1. The molecular formula is C11H11F2NO3. The predicted molar refractivity (Wildman–Crippen MR) is 55.2 cm³/mol. The molecule has 0 bridgehead atoms. The van der Waals surface area contributed by atoms with Gasteiger partial charge in [-0.2, -0.15) is 0 Å². The van der Waals surface area contributed by atoms with Crippen LogP contribution in [0.25, 0.3) is 0 Å². The van der Waals surface area contributed by atoms with Crippen LogP contribution in [0.15, 0.2) is 18.2 Å². The van der Waals surface area contributed by atoms with Gasteiger partial charge in [-0.05, 0) is 18.2 Å². The number of hydrogen-bond acceptors (Lipinski definition) is 2. The average molecular weight is 243 g/mol. The Kier molecular flexibility index (Phi) is 3.77. The number of amides is 1. The van der Waals surface area contributed by atoms with Gasteiger partial charge in [0.1, 0.15) is 11.6 Å². The fourth-order valence-corrected chi connectivity index (χ4v) is 1.41. The highest BCUT2D eigenvalue weighted by molar-refractivity contribution is 5.83. The monoisotopic (exact) mass is 243 g/mol. The van der Waals surface area contributed by atoms with Crippen molar-refractivity contribution < 1.29 is 23.5 Å². The molecule has 6 heteroatoms. The maximum Gasteiger partial charge on any atom is 0.331 e. The van der Waals surface area contributed by atoms with E-state index in [9.17, 15) is 18.4 Å². The Balaban J connectivity index is 3.27. The van der Waals surface area contributed by atoms with Crippen LogP contribution in [0.2, 0.25) is 0 Å². The number of nitrogens with zero attached hydrogens (tertiary/aromatic N) is 1. The lowest BCUT2D eigenvalue weighted by atomic mass is 10.0. The Morgan fingerprint density at radius 2 is 1.94 bits per heavy atom. The third-order valence-corrected chi connectivity index (χ3v) is 2.37. The van der Waals surface area contributed by atoms with Crippen molar-refractivity contribution in [2.45, 2.75) is 13.0 Å². The van der Waals surface area contributed by atoms with Crippen LogP contribution in [-0.2, 0) is 9.59 Å². The lowest BCUT2D eigenvalue weighted by molar-refractivity contribution is -0.148. The van der Waals surface area contributed by atoms with Gasteiger partial charge in [-0.15, -0.1) is 0 Å². The Hall–Kier alpha value is -1.98. The topological polar surface area (TPSA) is 57.6 Å². The largest absolute Gasteiger partial charge is 0.479 e. The summed E-state index contributed by atoms with van der Waals surface area (Å²) in [6, 6.07) is 0.941. The van der Waals surface area contributed by atoms with Crippen molar-refractivity contribution in [2.24, 2.45) is 0 Å². The maximum atomic E-state index is 13.4. The van der Waals surface area contributed by atoms with Gasteiger partial charge >= 0.3 is 5.97 Å². The van der Waals surface area contributed by atoms with Crippen molar-refractivity contribution >= 4 is 11.9 Å². The molecule has 0 aromatic heterocycles. The summed E-state index contributed by atoms with van der Waals surface area (Å²) in [5.41, 5.74) is -0.379. The molecule has 0 saturated carbocycles. The van der Waals surface area contributed by atoms with Gasteiger partial charge in [0.25, 0.3) is 0 Å². The van der Waals surface area contributed by atoms with E-state index in [1.807, 2.05) is 0 Å². The summed E-state index contributed by atoms with van der Waals surface area (Å²) in [6.45, 7) is 1.15. The summed E-state index contributed by atoms with van der Waals surface area (Å²) < 4.78 is 26.4. The number of carboxylic acid groups (broad SMARTS) is 1. The Labute approximate surface area is 96.5 Å². The molecule has 1 aromatic carbocycles. The van der Waals surface area contributed by atoms with Gasteiger partial charge in [0, 0.05) is 19.5 Å². The highest BCUT2D eigenvalue weighted by Crippen LogP contribution is 2.23. The number of carbonyl (C=O) groups is 2. The molecule has 0 saturated heterocycles. The summed E-state index contributed by atoms with van der Waals surface area (Å²) in [7, 11) is 1.21. The van der Waals surface area contributed by atoms with E-state index < -0.39 is 29.6 Å². The molecule has 1 atom stereocenters. The van der Waals surface area contributed by atoms with Crippen LogP contribution in [0.3, 0.4) is 0 Å². The first-order chi connectivity index (χ1) is 7.84. The Bertz CT molecular complexity index is 462. The van der Waals surface area contributed by atoms with Crippen molar-refractivity contribution in [1.82, 2.24) is 4.90 Å². The number of aliphatic carboxylic acids is 1. The Morgan fingerprint density at radius 3 is 2.41 bits per heavy atom. The maximum absolute atomic E-state index is 13.4. The second kappa shape index (κ2) is 4.90. The third kappa shape index (κ3) is 2.77. The first kappa shape index (κ1) is 13.1. The van der Waals surface area contributed by atoms with E-state index in [1.54, 1.807) is 0 Å². The fourth-order valence-electron chi connectivity index (χ4n) is 1.41. The number of benzene rings is 1. The molecule has 0 spiro atoms. The van der Waals surface area contributed by atoms with E-state index in [0.29, 0.717) is 0 Å². The molecule has 1 aromatic rings. The minimum Gasteiger partial charge on any atom is -0.479 e. The van der Waals surface area contributed by atoms with Crippen molar-refractivity contribution in [2.75, 3.05) is 7.05 Å². The predicted octanol–water partition coefficient (Wildman–Crippen LogP) is 1.57. The number of rotatable bonds is 3. The van der Waals surface area contributed by atoms with Crippen LogP contribution in [0, 0.1) is 11.6 Å². The van der Waals surface area contributed by atoms with E-state index in [4.69, 9.17) is 5.11 Å². The molecule has 1 rings (SSSR count). The smallest absolute Gasteiger partial charge is 0.331 e. The molecule has 0 aliphatic rings. The molecule has 17 heavy (non-hydrogen) atoms. The van der Waals surface area contributed by atoms with Crippen molar-refractivity contribution in [3.05, 3.63) is 35.4 Å². The summed E-state index contributed by atoms with van der Waals surface area (Å²) in [6.07, 6.45) is 0. The van der Waals surface area contributed by atoms with E-state index >= 15 is 0 Å². The van der Waals surface area contributed by atoms with Gasteiger partial charge in [0.15, 0.2) is 6.04 Å². The van der Waals surface area contributed by atoms with Gasteiger partial charge in [-0.25, -0.2) is 13.6 Å². The van der Waals surface area contributed by atoms with Gasteiger partial charge in [-0.3, -0.25) is 4.79 Å². The summed E-state index contributed by atoms with van der Waals surface area (Å²) in [5, 5.41) is 8.98. The SMILES string of the molecule is CC(=O)N(C)C(C(=O)O)c1cc(F)ccc1F. The number of halogens is 2. The average Bonchev–Trinajstić information content (AvgIpc) is 2.22. The lowest BCUT2D eigenvalue weighted by Gasteiger charge is -2.24. The summed E-state index contributed by atoms with van der Waals surface area (Å²) in [4.78, 5) is 23.0. The highest BCUT2D eigenvalue weighted by Gasteiger charge is 2.29. The van der Waals surface area contributed by atoms with Crippen LogP contribution < -0.4 is 0 Å². The second-order valence-electron chi connectivity index (χ2n) is 3.54. The zero-order chi connectivity index (χ0) is 13.2. The number of likely N-dealkylation sites (N-methyl/N-ethyl adjacent to an activating group) is 1. The van der Waals surface area contributed by atoms with Gasteiger partial charge in [0.2, 0.25) is 5.91 Å². The van der Waals surface area contributed by atoms with Gasteiger partial charge < -0.3 is 10.0 Å². The molecule has 92 valence electrons. The quantitative estimate of drug-likeness (QED) is 0.876. The van der Waals surface area contributed by atoms with Gasteiger partial charge in [-0.1, -0.05) is 0 Å². The first-order valence-electron chi connectivity index (χ1n) is 4.75. The first-order valence-corrected chi connectivity index (χ1v) is 4.75. The zero-order valence-corrected chi connectivity index (χ0v) is 9.28. The van der Waals surface area contributed by atoms with E-state index in [-0.39, 0.29) is 5.56 Å². The summed E-state index contributed by atoms with van der Waals surface area (Å²) >= 11 is 0. The third-order valence-electron chi connectivity index (χ3n) is 2.37. The molecule has 1 unspecified atom stereocenters. The normalized spacial score (nSPS) is 12.0. The molecule has 0 fully saturated rings. The minimum absolute atomic E-state index is 0.379. The fraction of sp³-hybridized carbons (Fsp3) is 0.273. The molecule has 1 amide bonds. The molecule has 0 aliphatic heterocycles. The van der Waals surface area contributed by atoms with Crippen LogP contribution in [0.1, 0.15) is 18.5 Å².